The highest BCUT2D eigenvalue weighted by Crippen LogP contribution is 2.37. The number of alkyl halides is 1. The number of nitrogens with zero attached hydrogens (tertiary/aromatic N) is 6. The molecule has 0 radical (unpaired) electrons. The number of ether oxygens (including phenoxy) is 3. The average Bonchev–Trinajstić information content (AvgIpc) is 3.49. The molecule has 0 aliphatic carbocycles. The van der Waals surface area contributed by atoms with Crippen LogP contribution in [0.1, 0.15) is 24.1 Å². The number of methoxy groups -OCH3 is 1. The predicted molar refractivity (Wildman–Crippen MR) is 169 cm³/mol. The van der Waals surface area contributed by atoms with Crippen molar-refractivity contribution in [3.63, 3.8) is 0 Å². The number of likely N-dealkylation sites (tertiary alicyclic amines) is 1. The van der Waals surface area contributed by atoms with Gasteiger partial charge in [0.1, 0.15) is 18.2 Å². The van der Waals surface area contributed by atoms with Crippen LogP contribution in [0.2, 0.25) is 0 Å². The zero-order chi connectivity index (χ0) is 29.1. The smallest absolute Gasteiger partial charge is 0.407 e. The van der Waals surface area contributed by atoms with Crippen LogP contribution in [0.15, 0.2) is 36.4 Å². The molecule has 3 aliphatic rings. The van der Waals surface area contributed by atoms with Crippen LogP contribution in [0, 0.1) is 0 Å². The lowest BCUT2D eigenvalue weighted by atomic mass is 10.0. The van der Waals surface area contributed by atoms with E-state index in [0.717, 1.165) is 69.8 Å². The number of fused-ring (bicyclic) bond motifs is 2. The molecule has 12 heteroatoms. The van der Waals surface area contributed by atoms with Crippen molar-refractivity contribution in [1.82, 2.24) is 19.8 Å². The highest BCUT2D eigenvalue weighted by Gasteiger charge is 2.30. The van der Waals surface area contributed by atoms with Crippen LogP contribution in [0.4, 0.5) is 16.3 Å². The Morgan fingerprint density at radius 2 is 1.88 bits per heavy atom. The molecule has 3 aliphatic heterocycles. The molecule has 0 bridgehead atoms. The number of aromatic nitrogens is 2. The van der Waals surface area contributed by atoms with E-state index in [1.807, 2.05) is 12.1 Å². The quantitative estimate of drug-likeness (QED) is 0.152. The van der Waals surface area contributed by atoms with Crippen LogP contribution < -0.4 is 19.3 Å². The summed E-state index contributed by atoms with van der Waals surface area (Å²) < 4.78 is 18.3. The van der Waals surface area contributed by atoms with E-state index in [4.69, 9.17) is 24.2 Å². The summed E-state index contributed by atoms with van der Waals surface area (Å²) in [6, 6.07) is 13.2. The minimum absolute atomic E-state index is 0.184. The molecule has 2 aromatic carbocycles. The van der Waals surface area contributed by atoms with Gasteiger partial charge in [-0.25, -0.2) is 4.79 Å². The summed E-state index contributed by atoms with van der Waals surface area (Å²) >= 11 is 2.42. The summed E-state index contributed by atoms with van der Waals surface area (Å²) in [6.07, 6.45) is 2.18. The molecular weight excluding hydrogens is 651 g/mol. The van der Waals surface area contributed by atoms with Gasteiger partial charge in [0.25, 0.3) is 0 Å². The Morgan fingerprint density at radius 1 is 1.05 bits per heavy atom. The first-order valence-corrected chi connectivity index (χ1v) is 16.0. The van der Waals surface area contributed by atoms with Gasteiger partial charge in [-0.1, -0.05) is 46.9 Å². The summed E-state index contributed by atoms with van der Waals surface area (Å²) in [6.45, 7) is 5.32. The number of anilines is 2. The third-order valence-electron chi connectivity index (χ3n) is 8.43. The average molecular weight is 689 g/mol. The van der Waals surface area contributed by atoms with E-state index < -0.39 is 6.09 Å². The van der Waals surface area contributed by atoms with Gasteiger partial charge in [-0.05, 0) is 37.3 Å². The highest BCUT2D eigenvalue weighted by molar-refractivity contribution is 14.1. The van der Waals surface area contributed by atoms with Crippen LogP contribution in [-0.4, -0.2) is 101 Å². The van der Waals surface area contributed by atoms with Crippen molar-refractivity contribution in [1.29, 1.82) is 0 Å². The van der Waals surface area contributed by atoms with Crippen molar-refractivity contribution in [2.45, 2.75) is 31.8 Å². The van der Waals surface area contributed by atoms with E-state index in [2.05, 4.69) is 61.6 Å². The zero-order valence-corrected chi connectivity index (χ0v) is 26.0. The van der Waals surface area contributed by atoms with Crippen LogP contribution in [0.5, 0.6) is 11.8 Å². The Balaban J connectivity index is 1.31. The van der Waals surface area contributed by atoms with Crippen LogP contribution in [0.3, 0.4) is 0 Å². The second-order valence-corrected chi connectivity index (χ2v) is 11.6. The number of rotatable bonds is 9. The van der Waals surface area contributed by atoms with Crippen molar-refractivity contribution in [2.24, 2.45) is 0 Å². The summed E-state index contributed by atoms with van der Waals surface area (Å²) in [5.74, 6) is 1.63. The van der Waals surface area contributed by atoms with Crippen molar-refractivity contribution >= 4 is 51.0 Å². The minimum atomic E-state index is -0.876. The molecule has 1 atom stereocenters. The Labute approximate surface area is 259 Å². The Hall–Kier alpha value is -3.10. The van der Waals surface area contributed by atoms with Crippen LogP contribution in [-0.2, 0) is 17.7 Å². The Bertz CT molecular complexity index is 1420. The first-order chi connectivity index (χ1) is 20.5. The number of hydrogen-bond acceptors (Lipinski definition) is 9. The van der Waals surface area contributed by atoms with E-state index in [0.29, 0.717) is 51.4 Å². The van der Waals surface area contributed by atoms with Gasteiger partial charge in [0.05, 0.1) is 16.8 Å². The molecule has 1 aromatic heterocycles. The topological polar surface area (TPSA) is 104 Å². The number of carboxylic acid groups (broad SMARTS) is 1. The largest absolute Gasteiger partial charge is 0.467 e. The fourth-order valence-corrected chi connectivity index (χ4v) is 7.08. The van der Waals surface area contributed by atoms with Gasteiger partial charge in [0, 0.05) is 68.6 Å². The maximum Gasteiger partial charge on any atom is 0.407 e. The van der Waals surface area contributed by atoms with Gasteiger partial charge < -0.3 is 34.0 Å². The molecule has 2 fully saturated rings. The number of benzene rings is 2. The third-order valence-corrected chi connectivity index (χ3v) is 9.30. The van der Waals surface area contributed by atoms with Crippen LogP contribution >= 0.6 is 22.6 Å². The van der Waals surface area contributed by atoms with E-state index in [1.54, 1.807) is 7.11 Å². The van der Waals surface area contributed by atoms with Crippen molar-refractivity contribution in [2.75, 3.05) is 74.1 Å². The van der Waals surface area contributed by atoms with Crippen LogP contribution in [0.25, 0.3) is 10.8 Å². The van der Waals surface area contributed by atoms with Gasteiger partial charge >= 0.3 is 12.1 Å². The van der Waals surface area contributed by atoms with E-state index in [1.165, 1.54) is 11.3 Å². The molecule has 1 amide bonds. The van der Waals surface area contributed by atoms with Crippen molar-refractivity contribution < 1.29 is 24.1 Å². The lowest BCUT2D eigenvalue weighted by Gasteiger charge is -2.37. The predicted octanol–water partition coefficient (Wildman–Crippen LogP) is 4.21. The van der Waals surface area contributed by atoms with Crippen molar-refractivity contribution in [3.05, 3.63) is 47.7 Å². The molecule has 11 nitrogen and oxygen atoms in total. The zero-order valence-electron chi connectivity index (χ0n) is 23.9. The van der Waals surface area contributed by atoms with Gasteiger partial charge in [0.2, 0.25) is 0 Å². The van der Waals surface area contributed by atoms with Gasteiger partial charge in [-0.15, -0.1) is 0 Å². The molecular formula is C30H37IN6O5. The Morgan fingerprint density at radius 3 is 2.67 bits per heavy atom. The molecule has 4 heterocycles. The maximum absolute atomic E-state index is 11.5. The fraction of sp³-hybridized carbons (Fsp3) is 0.500. The molecule has 224 valence electrons. The molecule has 0 spiro atoms. The normalized spacial score (nSPS) is 19.3. The summed E-state index contributed by atoms with van der Waals surface area (Å²) in [5.41, 5.74) is 3.16. The SMILES string of the molecule is COCOc1cc(N2CCc3c(nc(OCC4CCCN4CI)nc3N3CCN(C(=O)O)CC3)C2)c2ccccc2c1. The summed E-state index contributed by atoms with van der Waals surface area (Å²) in [5, 5.41) is 11.7. The molecule has 3 aromatic rings. The fourth-order valence-electron chi connectivity index (χ4n) is 6.18. The summed E-state index contributed by atoms with van der Waals surface area (Å²) in [7, 11) is 1.62. The second kappa shape index (κ2) is 13.0. The van der Waals surface area contributed by atoms with Gasteiger partial charge in [0.15, 0.2) is 6.79 Å². The first kappa shape index (κ1) is 29.0. The molecule has 0 saturated carbocycles. The second-order valence-electron chi connectivity index (χ2n) is 10.9. The molecule has 2 saturated heterocycles. The number of piperazine rings is 1. The van der Waals surface area contributed by atoms with E-state index in [-0.39, 0.29) is 6.79 Å². The number of halogens is 1. The molecule has 1 unspecified atom stereocenters. The van der Waals surface area contributed by atoms with E-state index in [9.17, 15) is 9.90 Å². The standard InChI is InChI=1S/C30H37IN6O5/c1-40-20-42-23-15-21-5-2-3-7-24(21)27(16-23)36-10-8-25-26(17-36)32-29(41-18-22-6-4-9-37(22)19-31)33-28(25)34-11-13-35(14-12-34)30(38)39/h2-3,5,7,15-16,22H,4,6,8-14,17-20H2,1H3,(H,38,39). The summed E-state index contributed by atoms with van der Waals surface area (Å²) in [4.78, 5) is 29.9. The lowest BCUT2D eigenvalue weighted by molar-refractivity contribution is 0.0512. The third kappa shape index (κ3) is 6.16. The minimum Gasteiger partial charge on any atom is -0.467 e. The number of carbonyl (C=O) groups is 1. The number of amides is 1. The first-order valence-electron chi connectivity index (χ1n) is 14.5. The molecule has 42 heavy (non-hydrogen) atoms. The Kier molecular flexibility index (Phi) is 9.00. The monoisotopic (exact) mass is 688 g/mol. The number of hydrogen-bond donors (Lipinski definition) is 1. The van der Waals surface area contributed by atoms with Gasteiger partial charge in [-0.2, -0.15) is 9.97 Å². The maximum atomic E-state index is 11.5. The van der Waals surface area contributed by atoms with Gasteiger partial charge in [-0.3, -0.25) is 4.90 Å². The lowest BCUT2D eigenvalue weighted by Crippen LogP contribution is -2.49. The van der Waals surface area contributed by atoms with E-state index >= 15 is 0 Å². The highest BCUT2D eigenvalue weighted by atomic mass is 127. The van der Waals surface area contributed by atoms with Crippen molar-refractivity contribution in [3.8, 4) is 11.8 Å². The molecule has 1 N–H and O–H groups in total. The molecule has 6 rings (SSSR count).